The summed E-state index contributed by atoms with van der Waals surface area (Å²) in [6.07, 6.45) is 3.91. The molecule has 1 heterocycles. The molecule has 2 heteroatoms. The molecule has 1 fully saturated rings. The molecule has 1 aliphatic heterocycles. The van der Waals surface area contributed by atoms with Gasteiger partial charge in [-0.1, -0.05) is 6.92 Å². The Kier molecular flexibility index (Phi) is 4.27. The Balaban J connectivity index is 2.11. The molecule has 1 rings (SSSR count). The van der Waals surface area contributed by atoms with Gasteiger partial charge in [-0.15, -0.1) is 11.8 Å². The van der Waals surface area contributed by atoms with E-state index in [1.54, 1.807) is 0 Å². The fourth-order valence-corrected chi connectivity index (χ4v) is 1.41. The monoisotopic (exact) mass is 182 g/mol. The molecule has 2 nitrogen and oxygen atoms in total. The summed E-state index contributed by atoms with van der Waals surface area (Å²) in [5.74, 6) is 5.84. The predicted molar refractivity (Wildman–Crippen MR) is 52.2 cm³/mol. The van der Waals surface area contributed by atoms with Crippen LogP contribution in [0, 0.1) is 11.8 Å². The van der Waals surface area contributed by atoms with Gasteiger partial charge < -0.3 is 9.47 Å². The lowest BCUT2D eigenvalue weighted by atomic mass is 10.1. The van der Waals surface area contributed by atoms with Crippen molar-refractivity contribution in [2.24, 2.45) is 0 Å². The van der Waals surface area contributed by atoms with Crippen molar-refractivity contribution in [3.63, 3.8) is 0 Å². The molecule has 0 N–H and O–H groups in total. The number of hydrogen-bond acceptors (Lipinski definition) is 2. The zero-order chi connectivity index (χ0) is 9.57. The minimum Gasteiger partial charge on any atom is -0.348 e. The Morgan fingerprint density at radius 3 is 2.54 bits per heavy atom. The van der Waals surface area contributed by atoms with Crippen molar-refractivity contribution in [2.45, 2.75) is 45.3 Å². The summed E-state index contributed by atoms with van der Waals surface area (Å²) in [6.45, 7) is 5.54. The maximum Gasteiger partial charge on any atom is 0.165 e. The fraction of sp³-hybridized carbons (Fsp3) is 0.818. The predicted octanol–water partition coefficient (Wildman–Crippen LogP) is 2.33. The van der Waals surface area contributed by atoms with Gasteiger partial charge in [0.2, 0.25) is 0 Å². The Morgan fingerprint density at radius 2 is 1.92 bits per heavy atom. The molecule has 74 valence electrons. The van der Waals surface area contributed by atoms with Gasteiger partial charge in [-0.05, 0) is 13.3 Å². The lowest BCUT2D eigenvalue weighted by Gasteiger charge is -2.21. The molecule has 0 saturated carbocycles. The third kappa shape index (κ3) is 3.80. The highest BCUT2D eigenvalue weighted by Crippen LogP contribution is 2.24. The van der Waals surface area contributed by atoms with Crippen molar-refractivity contribution in [2.75, 3.05) is 13.2 Å². The van der Waals surface area contributed by atoms with Crippen molar-refractivity contribution in [1.82, 2.24) is 0 Å². The van der Waals surface area contributed by atoms with Gasteiger partial charge in [0.15, 0.2) is 5.79 Å². The van der Waals surface area contributed by atoms with Crippen molar-refractivity contribution < 1.29 is 9.47 Å². The number of rotatable bonds is 3. The largest absolute Gasteiger partial charge is 0.348 e. The van der Waals surface area contributed by atoms with E-state index in [4.69, 9.17) is 9.47 Å². The van der Waals surface area contributed by atoms with Crippen molar-refractivity contribution in [1.29, 1.82) is 0 Å². The van der Waals surface area contributed by atoms with Crippen molar-refractivity contribution in [3.8, 4) is 11.8 Å². The molecule has 0 atom stereocenters. The third-order valence-electron chi connectivity index (χ3n) is 2.13. The SMILES string of the molecule is CCC#CCCCC1(C)OCCO1. The summed E-state index contributed by atoms with van der Waals surface area (Å²) in [4.78, 5) is 0. The quantitative estimate of drug-likeness (QED) is 0.492. The van der Waals surface area contributed by atoms with Crippen LogP contribution in [0.4, 0.5) is 0 Å². The molecule has 1 saturated heterocycles. The van der Waals surface area contributed by atoms with E-state index in [2.05, 4.69) is 18.8 Å². The zero-order valence-corrected chi connectivity index (χ0v) is 8.56. The number of hydrogen-bond donors (Lipinski definition) is 0. The molecular weight excluding hydrogens is 164 g/mol. The summed E-state index contributed by atoms with van der Waals surface area (Å²) >= 11 is 0. The molecule has 13 heavy (non-hydrogen) atoms. The summed E-state index contributed by atoms with van der Waals surface area (Å²) in [7, 11) is 0. The normalized spacial score (nSPS) is 19.5. The van der Waals surface area contributed by atoms with Crippen LogP contribution < -0.4 is 0 Å². The van der Waals surface area contributed by atoms with Gasteiger partial charge in [-0.2, -0.15) is 0 Å². The molecule has 1 aliphatic rings. The van der Waals surface area contributed by atoms with Gasteiger partial charge in [0, 0.05) is 19.3 Å². The average Bonchev–Trinajstić information content (AvgIpc) is 2.53. The van der Waals surface area contributed by atoms with E-state index in [-0.39, 0.29) is 5.79 Å². The van der Waals surface area contributed by atoms with Crippen LogP contribution in [0.25, 0.3) is 0 Å². The first kappa shape index (κ1) is 10.6. The van der Waals surface area contributed by atoms with Gasteiger partial charge in [0.25, 0.3) is 0 Å². The second-order valence-corrected chi connectivity index (χ2v) is 3.39. The van der Waals surface area contributed by atoms with Crippen LogP contribution >= 0.6 is 0 Å². The Hall–Kier alpha value is -0.520. The molecule has 0 bridgehead atoms. The summed E-state index contributed by atoms with van der Waals surface area (Å²) in [5.41, 5.74) is 0. The summed E-state index contributed by atoms with van der Waals surface area (Å²) in [6, 6.07) is 0. The van der Waals surface area contributed by atoms with Crippen LogP contribution in [0.2, 0.25) is 0 Å². The highest BCUT2D eigenvalue weighted by Gasteiger charge is 2.29. The smallest absolute Gasteiger partial charge is 0.165 e. The van der Waals surface area contributed by atoms with Crippen LogP contribution in [0.1, 0.15) is 39.5 Å². The Morgan fingerprint density at radius 1 is 1.23 bits per heavy atom. The summed E-state index contributed by atoms with van der Waals surface area (Å²) < 4.78 is 11.0. The van der Waals surface area contributed by atoms with E-state index < -0.39 is 0 Å². The Bertz CT molecular complexity index is 194. The lowest BCUT2D eigenvalue weighted by Crippen LogP contribution is -2.24. The minimum atomic E-state index is -0.326. The molecule has 0 aromatic rings. The molecular formula is C11H18O2. The second kappa shape index (κ2) is 5.26. The zero-order valence-electron chi connectivity index (χ0n) is 8.56. The number of unbranched alkanes of at least 4 members (excludes halogenated alkanes) is 1. The molecule has 0 aromatic carbocycles. The van der Waals surface area contributed by atoms with E-state index >= 15 is 0 Å². The molecule has 0 amide bonds. The molecule has 0 unspecified atom stereocenters. The van der Waals surface area contributed by atoms with E-state index in [0.29, 0.717) is 0 Å². The standard InChI is InChI=1S/C11H18O2/c1-3-4-5-6-7-8-11(2)12-9-10-13-11/h3,6-10H2,1-2H3. The van der Waals surface area contributed by atoms with Gasteiger partial charge >= 0.3 is 0 Å². The molecule has 0 aliphatic carbocycles. The summed E-state index contributed by atoms with van der Waals surface area (Å²) in [5, 5.41) is 0. The first-order valence-corrected chi connectivity index (χ1v) is 5.00. The van der Waals surface area contributed by atoms with Crippen LogP contribution in [-0.4, -0.2) is 19.0 Å². The Labute approximate surface area is 80.6 Å². The fourth-order valence-electron chi connectivity index (χ4n) is 1.41. The molecule has 0 aromatic heterocycles. The van der Waals surface area contributed by atoms with E-state index in [0.717, 1.165) is 38.9 Å². The topological polar surface area (TPSA) is 18.5 Å². The third-order valence-corrected chi connectivity index (χ3v) is 2.13. The maximum atomic E-state index is 5.48. The highest BCUT2D eigenvalue weighted by atomic mass is 16.7. The second-order valence-electron chi connectivity index (χ2n) is 3.39. The maximum absolute atomic E-state index is 5.48. The van der Waals surface area contributed by atoms with Crippen molar-refractivity contribution in [3.05, 3.63) is 0 Å². The van der Waals surface area contributed by atoms with Crippen LogP contribution in [0.3, 0.4) is 0 Å². The highest BCUT2D eigenvalue weighted by molar-refractivity contribution is 4.97. The van der Waals surface area contributed by atoms with Crippen LogP contribution in [0.15, 0.2) is 0 Å². The van der Waals surface area contributed by atoms with Gasteiger partial charge in [-0.25, -0.2) is 0 Å². The van der Waals surface area contributed by atoms with Gasteiger partial charge in [0.05, 0.1) is 13.2 Å². The van der Waals surface area contributed by atoms with E-state index in [1.807, 2.05) is 6.92 Å². The van der Waals surface area contributed by atoms with Crippen molar-refractivity contribution >= 4 is 0 Å². The number of ether oxygens (including phenoxy) is 2. The molecule has 0 spiro atoms. The first-order valence-electron chi connectivity index (χ1n) is 5.00. The van der Waals surface area contributed by atoms with Crippen LogP contribution in [0.5, 0.6) is 0 Å². The van der Waals surface area contributed by atoms with Gasteiger partial charge in [-0.3, -0.25) is 0 Å². The van der Waals surface area contributed by atoms with Crippen LogP contribution in [-0.2, 0) is 9.47 Å². The van der Waals surface area contributed by atoms with E-state index in [1.165, 1.54) is 0 Å². The lowest BCUT2D eigenvalue weighted by molar-refractivity contribution is -0.147. The van der Waals surface area contributed by atoms with Gasteiger partial charge in [0.1, 0.15) is 0 Å². The average molecular weight is 182 g/mol. The first-order chi connectivity index (χ1) is 6.27. The minimum absolute atomic E-state index is 0.326. The van der Waals surface area contributed by atoms with E-state index in [9.17, 15) is 0 Å². The molecule has 0 radical (unpaired) electrons.